The first-order chi connectivity index (χ1) is 11.3. The molecule has 0 bridgehead atoms. The normalized spacial score (nSPS) is 19.0. The summed E-state index contributed by atoms with van der Waals surface area (Å²) in [6.45, 7) is 2.88. The zero-order valence-electron chi connectivity index (χ0n) is 13.9. The van der Waals surface area contributed by atoms with Crippen molar-refractivity contribution in [3.05, 3.63) is 29.3 Å². The minimum Gasteiger partial charge on any atom is -0.376 e. The Balaban J connectivity index is 2.18. The van der Waals surface area contributed by atoms with Crippen molar-refractivity contribution in [3.63, 3.8) is 0 Å². The molecule has 8 heteroatoms. The third-order valence-corrected chi connectivity index (χ3v) is 5.37. The van der Waals surface area contributed by atoms with E-state index >= 15 is 0 Å². The van der Waals surface area contributed by atoms with Gasteiger partial charge in [0.05, 0.1) is 18.0 Å². The van der Waals surface area contributed by atoms with Crippen LogP contribution in [0.15, 0.2) is 24.3 Å². The predicted octanol–water partition coefficient (Wildman–Crippen LogP) is 2.18. The molecule has 24 heavy (non-hydrogen) atoms. The summed E-state index contributed by atoms with van der Waals surface area (Å²) in [5.41, 5.74) is 0.418. The zero-order valence-corrected chi connectivity index (χ0v) is 15.4. The topological polar surface area (TPSA) is 75.7 Å². The molecule has 1 fully saturated rings. The van der Waals surface area contributed by atoms with Crippen molar-refractivity contribution < 1.29 is 17.9 Å². The molecule has 0 saturated carbocycles. The molecule has 0 aromatic heterocycles. The predicted molar refractivity (Wildman–Crippen MR) is 94.8 cm³/mol. The zero-order chi connectivity index (χ0) is 17.7. The summed E-state index contributed by atoms with van der Waals surface area (Å²) < 4.78 is 31.2. The maximum absolute atomic E-state index is 12.6. The van der Waals surface area contributed by atoms with Crippen molar-refractivity contribution in [2.45, 2.75) is 38.3 Å². The number of benzene rings is 1. The molecular formula is C16H23ClN2O4S. The number of amides is 1. The van der Waals surface area contributed by atoms with Crippen molar-refractivity contribution in [1.29, 1.82) is 0 Å². The van der Waals surface area contributed by atoms with Gasteiger partial charge in [0.15, 0.2) is 0 Å². The molecule has 0 unspecified atom stereocenters. The van der Waals surface area contributed by atoms with Gasteiger partial charge in [-0.05, 0) is 43.5 Å². The third kappa shape index (κ3) is 4.84. The van der Waals surface area contributed by atoms with E-state index in [1.54, 1.807) is 31.2 Å². The third-order valence-electron chi connectivity index (χ3n) is 3.94. The van der Waals surface area contributed by atoms with Crippen LogP contribution in [-0.4, -0.2) is 45.9 Å². The van der Waals surface area contributed by atoms with Crippen LogP contribution >= 0.6 is 11.6 Å². The number of sulfonamides is 1. The van der Waals surface area contributed by atoms with Gasteiger partial charge in [-0.25, -0.2) is 8.42 Å². The van der Waals surface area contributed by atoms with E-state index in [0.717, 1.165) is 23.4 Å². The van der Waals surface area contributed by atoms with E-state index in [4.69, 9.17) is 16.3 Å². The van der Waals surface area contributed by atoms with Gasteiger partial charge in [-0.3, -0.25) is 9.10 Å². The highest BCUT2D eigenvalue weighted by Gasteiger charge is 2.31. The van der Waals surface area contributed by atoms with E-state index in [2.05, 4.69) is 5.32 Å². The molecule has 1 saturated heterocycles. The fourth-order valence-corrected chi connectivity index (χ4v) is 4.12. The Labute approximate surface area is 148 Å². The fourth-order valence-electron chi connectivity index (χ4n) is 2.79. The number of carbonyl (C=O) groups is 1. The summed E-state index contributed by atoms with van der Waals surface area (Å²) >= 11 is 5.87. The summed E-state index contributed by atoms with van der Waals surface area (Å²) in [7, 11) is -3.63. The molecule has 6 nitrogen and oxygen atoms in total. The Morgan fingerprint density at radius 2 is 2.08 bits per heavy atom. The second-order valence-electron chi connectivity index (χ2n) is 5.84. The van der Waals surface area contributed by atoms with Gasteiger partial charge in [0.2, 0.25) is 15.9 Å². The lowest BCUT2D eigenvalue weighted by atomic mass is 10.1. The molecule has 134 valence electrons. The van der Waals surface area contributed by atoms with Gasteiger partial charge < -0.3 is 10.1 Å². The Kier molecular flexibility index (Phi) is 6.48. The summed E-state index contributed by atoms with van der Waals surface area (Å²) in [4.78, 5) is 12.6. The van der Waals surface area contributed by atoms with E-state index < -0.39 is 16.1 Å². The van der Waals surface area contributed by atoms with Gasteiger partial charge in [0.1, 0.15) is 6.04 Å². The number of hydrogen-bond donors (Lipinski definition) is 1. The Morgan fingerprint density at radius 1 is 1.42 bits per heavy atom. The number of hydrogen-bond acceptors (Lipinski definition) is 4. The van der Waals surface area contributed by atoms with E-state index in [0.29, 0.717) is 30.3 Å². The largest absolute Gasteiger partial charge is 0.376 e. The first-order valence-corrected chi connectivity index (χ1v) is 10.2. The first-order valence-electron chi connectivity index (χ1n) is 7.97. The van der Waals surface area contributed by atoms with E-state index in [1.807, 2.05) is 0 Å². The molecule has 1 heterocycles. The minimum atomic E-state index is -3.63. The monoisotopic (exact) mass is 374 g/mol. The van der Waals surface area contributed by atoms with Crippen molar-refractivity contribution in [1.82, 2.24) is 5.32 Å². The number of rotatable bonds is 7. The molecule has 2 atom stereocenters. The molecule has 0 aliphatic carbocycles. The second kappa shape index (κ2) is 8.18. The molecular weight excluding hydrogens is 352 g/mol. The van der Waals surface area contributed by atoms with Crippen molar-refractivity contribution in [3.8, 4) is 0 Å². The molecule has 1 N–H and O–H groups in total. The Bertz CT molecular complexity index is 657. The molecule has 1 aliphatic heterocycles. The average molecular weight is 375 g/mol. The lowest BCUT2D eigenvalue weighted by Crippen LogP contribution is -2.50. The highest BCUT2D eigenvalue weighted by atomic mass is 35.5. The molecule has 1 aromatic rings. The molecule has 0 spiro atoms. The summed E-state index contributed by atoms with van der Waals surface area (Å²) in [5, 5.41) is 3.32. The summed E-state index contributed by atoms with van der Waals surface area (Å²) in [6.07, 6.45) is 3.35. The number of nitrogens with zero attached hydrogens (tertiary/aromatic N) is 1. The standard InChI is InChI=1S/C16H23ClN2O4S/c1-3-15(16(20)18-11-14-5-4-10-23-14)19(24(2,21)22)13-8-6-12(17)7-9-13/h6-9,14-15H,3-5,10-11H2,1-2H3,(H,18,20)/t14-,15+/m1/s1. The van der Waals surface area contributed by atoms with E-state index in [1.165, 1.54) is 0 Å². The highest BCUT2D eigenvalue weighted by molar-refractivity contribution is 7.92. The van der Waals surface area contributed by atoms with Crippen LogP contribution in [0.4, 0.5) is 5.69 Å². The van der Waals surface area contributed by atoms with Crippen LogP contribution in [-0.2, 0) is 19.6 Å². The Morgan fingerprint density at radius 3 is 2.58 bits per heavy atom. The minimum absolute atomic E-state index is 0.00803. The van der Waals surface area contributed by atoms with E-state index in [9.17, 15) is 13.2 Å². The SMILES string of the molecule is CC[C@@H](C(=O)NC[C@H]1CCCO1)N(c1ccc(Cl)cc1)S(C)(=O)=O. The van der Waals surface area contributed by atoms with Crippen LogP contribution in [0, 0.1) is 0 Å². The number of anilines is 1. The molecule has 1 aliphatic rings. The molecule has 1 amide bonds. The Hall–Kier alpha value is -1.31. The van der Waals surface area contributed by atoms with Crippen LogP contribution in [0.3, 0.4) is 0 Å². The first kappa shape index (κ1) is 19.0. The van der Waals surface area contributed by atoms with Gasteiger partial charge >= 0.3 is 0 Å². The van der Waals surface area contributed by atoms with Crippen molar-refractivity contribution in [2.75, 3.05) is 23.7 Å². The number of carbonyl (C=O) groups excluding carboxylic acids is 1. The lowest BCUT2D eigenvalue weighted by Gasteiger charge is -2.30. The van der Waals surface area contributed by atoms with Crippen LogP contribution in [0.5, 0.6) is 0 Å². The second-order valence-corrected chi connectivity index (χ2v) is 8.14. The van der Waals surface area contributed by atoms with Crippen LogP contribution in [0.1, 0.15) is 26.2 Å². The van der Waals surface area contributed by atoms with Crippen LogP contribution < -0.4 is 9.62 Å². The maximum atomic E-state index is 12.6. The van der Waals surface area contributed by atoms with Gasteiger partial charge in [-0.2, -0.15) is 0 Å². The highest BCUT2D eigenvalue weighted by Crippen LogP contribution is 2.24. The van der Waals surface area contributed by atoms with Gasteiger partial charge in [0.25, 0.3) is 0 Å². The van der Waals surface area contributed by atoms with Crippen LogP contribution in [0.2, 0.25) is 5.02 Å². The van der Waals surface area contributed by atoms with Crippen molar-refractivity contribution in [2.24, 2.45) is 0 Å². The fraction of sp³-hybridized carbons (Fsp3) is 0.562. The van der Waals surface area contributed by atoms with Crippen LogP contribution in [0.25, 0.3) is 0 Å². The molecule has 1 aromatic carbocycles. The summed E-state index contributed by atoms with van der Waals surface area (Å²) in [6, 6.07) is 5.58. The molecule has 0 radical (unpaired) electrons. The lowest BCUT2D eigenvalue weighted by molar-refractivity contribution is -0.122. The quantitative estimate of drug-likeness (QED) is 0.793. The smallest absolute Gasteiger partial charge is 0.243 e. The van der Waals surface area contributed by atoms with Gasteiger partial charge in [0, 0.05) is 18.2 Å². The van der Waals surface area contributed by atoms with Gasteiger partial charge in [-0.15, -0.1) is 0 Å². The average Bonchev–Trinajstić information content (AvgIpc) is 3.03. The maximum Gasteiger partial charge on any atom is 0.243 e. The number of nitrogens with one attached hydrogen (secondary N) is 1. The molecule has 2 rings (SSSR count). The van der Waals surface area contributed by atoms with Gasteiger partial charge in [-0.1, -0.05) is 18.5 Å². The summed E-state index contributed by atoms with van der Waals surface area (Å²) in [5.74, 6) is -0.326. The number of halogens is 1. The van der Waals surface area contributed by atoms with Crippen molar-refractivity contribution >= 4 is 33.2 Å². The number of ether oxygens (including phenoxy) is 1. The van der Waals surface area contributed by atoms with E-state index in [-0.39, 0.29) is 12.0 Å².